The zero-order valence-electron chi connectivity index (χ0n) is 5.70. The number of esters is 1. The van der Waals surface area contributed by atoms with Crippen molar-refractivity contribution in [1.29, 1.82) is 0 Å². The number of nitrogens with one attached hydrogen (secondary N) is 1. The zero-order chi connectivity index (χ0) is 8.69. The fourth-order valence-electron chi connectivity index (χ4n) is 0.289. The molecule has 0 fully saturated rings. The molecule has 0 radical (unpaired) electrons. The van der Waals surface area contributed by atoms with E-state index in [1.54, 1.807) is 5.59 Å². The van der Waals surface area contributed by atoms with Crippen LogP contribution in [-0.4, -0.2) is 18.5 Å². The van der Waals surface area contributed by atoms with Crippen LogP contribution in [0.25, 0.3) is 0 Å². The molecule has 0 unspecified atom stereocenters. The van der Waals surface area contributed by atoms with Crippen LogP contribution in [0.5, 0.6) is 0 Å². The monoisotopic (exact) mass is 160 g/mol. The van der Waals surface area contributed by atoms with Gasteiger partial charge in [-0.15, -0.1) is 0 Å². The first-order chi connectivity index (χ1) is 5.22. The molecule has 3 N–H and O–H groups in total. The Morgan fingerprint density at radius 3 is 2.64 bits per heavy atom. The number of hydrogen-bond donors (Lipinski definition) is 2. The Morgan fingerprint density at radius 1 is 1.55 bits per heavy atom. The van der Waals surface area contributed by atoms with Gasteiger partial charge >= 0.3 is 11.9 Å². The van der Waals surface area contributed by atoms with E-state index in [-0.39, 0.29) is 6.61 Å². The van der Waals surface area contributed by atoms with Crippen LogP contribution in [0.4, 0.5) is 0 Å². The van der Waals surface area contributed by atoms with Crippen LogP contribution >= 0.6 is 0 Å². The largest absolute Gasteiger partial charge is 0.453 e. The lowest BCUT2D eigenvalue weighted by molar-refractivity contribution is -0.171. The Labute approximate surface area is 62.9 Å². The smallest absolute Gasteiger partial charge is 0.437 e. The second kappa shape index (κ2) is 5.39. The van der Waals surface area contributed by atoms with E-state index in [1.165, 1.54) is 6.08 Å². The van der Waals surface area contributed by atoms with Crippen LogP contribution in [-0.2, 0) is 19.2 Å². The molecule has 0 aromatic carbocycles. The van der Waals surface area contributed by atoms with Gasteiger partial charge in [-0.1, -0.05) is 18.2 Å². The summed E-state index contributed by atoms with van der Waals surface area (Å²) < 4.78 is 4.28. The molecule has 0 rings (SSSR count). The molecule has 0 aliphatic heterocycles. The Bertz CT molecular complexity index is 168. The van der Waals surface area contributed by atoms with Gasteiger partial charge in [0.1, 0.15) is 6.61 Å². The Morgan fingerprint density at radius 2 is 2.18 bits per heavy atom. The molecule has 0 aromatic heterocycles. The molecule has 0 heterocycles. The van der Waals surface area contributed by atoms with Crippen LogP contribution in [0.15, 0.2) is 12.7 Å². The van der Waals surface area contributed by atoms with Gasteiger partial charge < -0.3 is 9.57 Å². The molecule has 0 aromatic rings. The van der Waals surface area contributed by atoms with Crippen molar-refractivity contribution in [3.8, 4) is 0 Å². The van der Waals surface area contributed by atoms with Gasteiger partial charge in [-0.05, 0) is 0 Å². The Kier molecular flexibility index (Phi) is 4.70. The average Bonchev–Trinajstić information content (AvgIpc) is 2.00. The SMILES string of the molecule is C=CCOC(=O)C(=O)ONN. The van der Waals surface area contributed by atoms with E-state index >= 15 is 0 Å². The predicted molar refractivity (Wildman–Crippen MR) is 34.6 cm³/mol. The first-order valence-electron chi connectivity index (χ1n) is 2.66. The van der Waals surface area contributed by atoms with E-state index < -0.39 is 11.9 Å². The van der Waals surface area contributed by atoms with Crippen LogP contribution in [0.2, 0.25) is 0 Å². The highest BCUT2D eigenvalue weighted by Gasteiger charge is 2.15. The molecule has 0 aliphatic rings. The molecule has 11 heavy (non-hydrogen) atoms. The maximum Gasteiger partial charge on any atom is 0.437 e. The number of hydrogen-bond acceptors (Lipinski definition) is 6. The van der Waals surface area contributed by atoms with E-state index in [0.717, 1.165) is 0 Å². The molecule has 0 bridgehead atoms. The van der Waals surface area contributed by atoms with Crippen LogP contribution in [0, 0.1) is 0 Å². The van der Waals surface area contributed by atoms with Gasteiger partial charge in [-0.25, -0.2) is 15.4 Å². The molecular weight excluding hydrogens is 152 g/mol. The number of hydrazine groups is 1. The first-order valence-corrected chi connectivity index (χ1v) is 2.66. The molecule has 0 spiro atoms. The summed E-state index contributed by atoms with van der Waals surface area (Å²) in [5.74, 6) is 2.25. The van der Waals surface area contributed by atoms with Crippen molar-refractivity contribution >= 4 is 11.9 Å². The summed E-state index contributed by atoms with van der Waals surface area (Å²) in [5.41, 5.74) is 1.55. The van der Waals surface area contributed by atoms with Crippen molar-refractivity contribution < 1.29 is 19.2 Å². The van der Waals surface area contributed by atoms with Gasteiger partial charge in [0, 0.05) is 0 Å². The minimum atomic E-state index is -1.20. The normalized spacial score (nSPS) is 8.45. The van der Waals surface area contributed by atoms with Crippen molar-refractivity contribution in [1.82, 2.24) is 5.59 Å². The highest BCUT2D eigenvalue weighted by Crippen LogP contribution is 1.81. The summed E-state index contributed by atoms with van der Waals surface area (Å²) in [7, 11) is 0. The van der Waals surface area contributed by atoms with E-state index in [2.05, 4.69) is 22.0 Å². The number of carbonyl (C=O) groups excluding carboxylic acids is 2. The quantitative estimate of drug-likeness (QED) is 0.174. The van der Waals surface area contributed by atoms with Crippen molar-refractivity contribution in [2.45, 2.75) is 0 Å². The molecule has 6 heteroatoms. The van der Waals surface area contributed by atoms with Gasteiger partial charge in [0.15, 0.2) is 0 Å². The maximum absolute atomic E-state index is 10.5. The van der Waals surface area contributed by atoms with Crippen LogP contribution in [0.1, 0.15) is 0 Å². The number of nitrogens with two attached hydrogens (primary N) is 1. The van der Waals surface area contributed by atoms with Gasteiger partial charge in [0.05, 0.1) is 0 Å². The molecule has 0 atom stereocenters. The standard InChI is InChI=1S/C5H8N2O4/c1-2-3-10-4(8)5(9)11-7-6/h2,7H,1,3,6H2. The van der Waals surface area contributed by atoms with E-state index in [0.29, 0.717) is 0 Å². The van der Waals surface area contributed by atoms with E-state index in [1.807, 2.05) is 0 Å². The average molecular weight is 160 g/mol. The molecule has 0 amide bonds. The topological polar surface area (TPSA) is 90.7 Å². The van der Waals surface area contributed by atoms with Gasteiger partial charge in [-0.2, -0.15) is 0 Å². The maximum atomic E-state index is 10.5. The third kappa shape index (κ3) is 4.06. The number of carbonyl (C=O) groups is 2. The molecule has 0 saturated heterocycles. The Balaban J connectivity index is 3.64. The van der Waals surface area contributed by atoms with E-state index in [4.69, 9.17) is 0 Å². The van der Waals surface area contributed by atoms with Crippen LogP contribution in [0.3, 0.4) is 0 Å². The summed E-state index contributed by atoms with van der Waals surface area (Å²) in [6.07, 6.45) is 1.32. The molecule has 0 aliphatic carbocycles. The predicted octanol–water partition coefficient (Wildman–Crippen LogP) is -1.36. The summed E-state index contributed by atoms with van der Waals surface area (Å²) >= 11 is 0. The third-order valence-corrected chi connectivity index (χ3v) is 0.651. The van der Waals surface area contributed by atoms with E-state index in [9.17, 15) is 9.59 Å². The summed E-state index contributed by atoms with van der Waals surface area (Å²) in [5, 5.41) is 0. The van der Waals surface area contributed by atoms with Crippen molar-refractivity contribution in [3.63, 3.8) is 0 Å². The highest BCUT2D eigenvalue weighted by atomic mass is 16.7. The lowest BCUT2D eigenvalue weighted by Gasteiger charge is -1.99. The van der Waals surface area contributed by atoms with Gasteiger partial charge in [0.2, 0.25) is 0 Å². The second-order valence-corrected chi connectivity index (χ2v) is 1.39. The zero-order valence-corrected chi connectivity index (χ0v) is 5.70. The highest BCUT2D eigenvalue weighted by molar-refractivity contribution is 6.29. The third-order valence-electron chi connectivity index (χ3n) is 0.651. The van der Waals surface area contributed by atoms with Crippen molar-refractivity contribution in [2.24, 2.45) is 5.84 Å². The fraction of sp³-hybridized carbons (Fsp3) is 0.200. The first kappa shape index (κ1) is 9.60. The Hall–Kier alpha value is -1.40. The molecule has 62 valence electrons. The molecule has 0 saturated carbocycles. The van der Waals surface area contributed by atoms with Crippen molar-refractivity contribution in [3.05, 3.63) is 12.7 Å². The fourth-order valence-corrected chi connectivity index (χ4v) is 0.289. The van der Waals surface area contributed by atoms with Gasteiger partial charge in [-0.3, -0.25) is 0 Å². The lowest BCUT2D eigenvalue weighted by atomic mass is 10.6. The van der Waals surface area contributed by atoms with Crippen LogP contribution < -0.4 is 11.4 Å². The minimum absolute atomic E-state index is 0.0432. The summed E-state index contributed by atoms with van der Waals surface area (Å²) in [6, 6.07) is 0. The summed E-state index contributed by atoms with van der Waals surface area (Å²) in [4.78, 5) is 24.7. The van der Waals surface area contributed by atoms with Crippen molar-refractivity contribution in [2.75, 3.05) is 6.61 Å². The number of rotatable bonds is 3. The summed E-state index contributed by atoms with van der Waals surface area (Å²) in [6.45, 7) is 3.23. The lowest BCUT2D eigenvalue weighted by Crippen LogP contribution is -2.31. The molecule has 6 nitrogen and oxygen atoms in total. The second-order valence-electron chi connectivity index (χ2n) is 1.39. The van der Waals surface area contributed by atoms with Gasteiger partial charge in [0.25, 0.3) is 0 Å². The molecular formula is C5H8N2O4. The number of ether oxygens (including phenoxy) is 1. The minimum Gasteiger partial charge on any atom is -0.453 e.